The van der Waals surface area contributed by atoms with Crippen molar-refractivity contribution in [2.24, 2.45) is 0 Å². The molecule has 0 saturated carbocycles. The van der Waals surface area contributed by atoms with E-state index in [0.29, 0.717) is 24.1 Å². The van der Waals surface area contributed by atoms with E-state index >= 15 is 0 Å². The van der Waals surface area contributed by atoms with E-state index in [-0.39, 0.29) is 11.8 Å². The number of nitrogens with one attached hydrogen (secondary N) is 2. The molecule has 164 valence electrons. The van der Waals surface area contributed by atoms with Crippen molar-refractivity contribution in [1.29, 1.82) is 0 Å². The SMILES string of the molecule is COC(=O)[C@H](CCSC)NC(=O)c1ccc(CNC(=O)C(C)=Cc2ccccc2)cc1. The number of ether oxygens (including phenoxy) is 1. The Morgan fingerprint density at radius 2 is 1.74 bits per heavy atom. The topological polar surface area (TPSA) is 84.5 Å². The Bertz CT molecular complexity index is 911. The molecule has 6 nitrogen and oxygen atoms in total. The Morgan fingerprint density at radius 1 is 1.06 bits per heavy atom. The van der Waals surface area contributed by atoms with E-state index in [1.54, 1.807) is 43.0 Å². The van der Waals surface area contributed by atoms with Crippen LogP contribution in [0.3, 0.4) is 0 Å². The molecule has 1 atom stereocenters. The van der Waals surface area contributed by atoms with Crippen LogP contribution in [0.2, 0.25) is 0 Å². The Morgan fingerprint density at radius 3 is 2.35 bits per heavy atom. The molecule has 0 spiro atoms. The van der Waals surface area contributed by atoms with E-state index in [2.05, 4.69) is 10.6 Å². The lowest BCUT2D eigenvalue weighted by atomic mass is 10.1. The molecule has 0 heterocycles. The number of carbonyl (C=O) groups is 3. The molecular weight excluding hydrogens is 412 g/mol. The summed E-state index contributed by atoms with van der Waals surface area (Å²) in [5.41, 5.74) is 2.88. The minimum absolute atomic E-state index is 0.152. The van der Waals surface area contributed by atoms with E-state index in [1.165, 1.54) is 7.11 Å². The lowest BCUT2D eigenvalue weighted by molar-refractivity contribution is -0.142. The summed E-state index contributed by atoms with van der Waals surface area (Å²) in [7, 11) is 1.31. The van der Waals surface area contributed by atoms with Crippen molar-refractivity contribution in [2.75, 3.05) is 19.1 Å². The lowest BCUT2D eigenvalue weighted by Gasteiger charge is -2.16. The average Bonchev–Trinajstić information content (AvgIpc) is 2.80. The highest BCUT2D eigenvalue weighted by Crippen LogP contribution is 2.09. The van der Waals surface area contributed by atoms with Gasteiger partial charge in [-0.05, 0) is 54.7 Å². The maximum absolute atomic E-state index is 12.5. The molecule has 0 aliphatic rings. The second-order valence-corrected chi connectivity index (χ2v) is 7.93. The maximum Gasteiger partial charge on any atom is 0.328 e. The zero-order valence-electron chi connectivity index (χ0n) is 18.0. The van der Waals surface area contributed by atoms with E-state index in [1.807, 2.05) is 42.7 Å². The van der Waals surface area contributed by atoms with Crippen molar-refractivity contribution >= 4 is 35.6 Å². The number of thioether (sulfide) groups is 1. The molecule has 7 heteroatoms. The third kappa shape index (κ3) is 7.94. The number of rotatable bonds is 10. The van der Waals surface area contributed by atoms with Crippen LogP contribution in [-0.2, 0) is 20.9 Å². The molecule has 0 radical (unpaired) electrons. The lowest BCUT2D eigenvalue weighted by Crippen LogP contribution is -2.41. The predicted octanol–water partition coefficient (Wildman–Crippen LogP) is 3.43. The first-order valence-electron chi connectivity index (χ1n) is 9.92. The molecule has 0 saturated heterocycles. The molecule has 0 aromatic heterocycles. The molecule has 0 bridgehead atoms. The Labute approximate surface area is 187 Å². The van der Waals surface area contributed by atoms with Gasteiger partial charge in [-0.3, -0.25) is 9.59 Å². The number of methoxy groups -OCH3 is 1. The second kappa shape index (κ2) is 12.6. The van der Waals surface area contributed by atoms with Crippen LogP contribution in [0.15, 0.2) is 60.2 Å². The summed E-state index contributed by atoms with van der Waals surface area (Å²) in [6.45, 7) is 2.11. The van der Waals surface area contributed by atoms with Crippen LogP contribution in [0.1, 0.15) is 34.8 Å². The van der Waals surface area contributed by atoms with Gasteiger partial charge in [0.25, 0.3) is 5.91 Å². The number of esters is 1. The van der Waals surface area contributed by atoms with Crippen LogP contribution in [0.4, 0.5) is 0 Å². The zero-order chi connectivity index (χ0) is 22.6. The monoisotopic (exact) mass is 440 g/mol. The van der Waals surface area contributed by atoms with E-state index in [0.717, 1.165) is 16.9 Å². The zero-order valence-corrected chi connectivity index (χ0v) is 18.8. The largest absolute Gasteiger partial charge is 0.467 e. The van der Waals surface area contributed by atoms with Crippen molar-refractivity contribution < 1.29 is 19.1 Å². The van der Waals surface area contributed by atoms with Gasteiger partial charge >= 0.3 is 5.97 Å². The number of hydrogen-bond acceptors (Lipinski definition) is 5. The van der Waals surface area contributed by atoms with Crippen LogP contribution in [0.5, 0.6) is 0 Å². The van der Waals surface area contributed by atoms with Gasteiger partial charge in [0.05, 0.1) is 7.11 Å². The van der Waals surface area contributed by atoms with Crippen molar-refractivity contribution in [3.05, 3.63) is 76.9 Å². The van der Waals surface area contributed by atoms with Gasteiger partial charge in [-0.25, -0.2) is 4.79 Å². The molecule has 0 aliphatic carbocycles. The normalized spacial score (nSPS) is 12.0. The summed E-state index contributed by atoms with van der Waals surface area (Å²) >= 11 is 1.60. The van der Waals surface area contributed by atoms with Crippen LogP contribution < -0.4 is 10.6 Å². The Balaban J connectivity index is 1.92. The molecule has 2 rings (SSSR count). The molecule has 0 aliphatic heterocycles. The summed E-state index contributed by atoms with van der Waals surface area (Å²) in [5.74, 6) is -0.216. The van der Waals surface area contributed by atoms with Gasteiger partial charge in [-0.2, -0.15) is 11.8 Å². The molecule has 0 fully saturated rings. The molecule has 2 N–H and O–H groups in total. The van der Waals surface area contributed by atoms with E-state index in [9.17, 15) is 14.4 Å². The predicted molar refractivity (Wildman–Crippen MR) is 125 cm³/mol. The third-order valence-electron chi connectivity index (χ3n) is 4.61. The Kier molecular flexibility index (Phi) is 9.84. The van der Waals surface area contributed by atoms with Crippen molar-refractivity contribution in [1.82, 2.24) is 10.6 Å². The van der Waals surface area contributed by atoms with Crippen molar-refractivity contribution in [3.8, 4) is 0 Å². The summed E-state index contributed by atoms with van der Waals surface area (Å²) in [6.07, 6.45) is 4.27. The minimum atomic E-state index is -0.678. The molecule has 31 heavy (non-hydrogen) atoms. The van der Waals surface area contributed by atoms with Gasteiger partial charge in [-0.15, -0.1) is 0 Å². The molecular formula is C24H28N2O4S. The summed E-state index contributed by atoms with van der Waals surface area (Å²) in [4.78, 5) is 36.6. The first-order chi connectivity index (χ1) is 14.9. The average molecular weight is 441 g/mol. The van der Waals surface area contributed by atoms with Crippen molar-refractivity contribution in [2.45, 2.75) is 25.9 Å². The van der Waals surface area contributed by atoms with Gasteiger partial charge in [-0.1, -0.05) is 42.5 Å². The van der Waals surface area contributed by atoms with E-state index in [4.69, 9.17) is 4.74 Å². The second-order valence-electron chi connectivity index (χ2n) is 6.95. The van der Waals surface area contributed by atoms with Gasteiger partial charge < -0.3 is 15.4 Å². The number of amides is 2. The Hall–Kier alpha value is -3.06. The third-order valence-corrected chi connectivity index (χ3v) is 5.26. The maximum atomic E-state index is 12.5. The summed E-state index contributed by atoms with van der Waals surface area (Å²) in [6, 6.07) is 15.9. The van der Waals surface area contributed by atoms with Gasteiger partial charge in [0, 0.05) is 17.7 Å². The highest BCUT2D eigenvalue weighted by Gasteiger charge is 2.21. The quantitative estimate of drug-likeness (QED) is 0.437. The first-order valence-corrected chi connectivity index (χ1v) is 11.3. The fourth-order valence-electron chi connectivity index (χ4n) is 2.83. The van der Waals surface area contributed by atoms with Gasteiger partial charge in [0.2, 0.25) is 5.91 Å². The smallest absolute Gasteiger partial charge is 0.328 e. The molecule has 0 unspecified atom stereocenters. The van der Waals surface area contributed by atoms with Crippen LogP contribution >= 0.6 is 11.8 Å². The number of hydrogen-bond donors (Lipinski definition) is 2. The number of carbonyl (C=O) groups excluding carboxylic acids is 3. The fraction of sp³-hybridized carbons (Fsp3) is 0.292. The highest BCUT2D eigenvalue weighted by molar-refractivity contribution is 7.98. The standard InChI is InChI=1S/C24H28N2O4S/c1-17(15-18-7-5-4-6-8-18)22(27)25-16-19-9-11-20(12-10-19)23(28)26-21(13-14-31-3)24(29)30-2/h4-12,15,21H,13-14,16H2,1-3H3,(H,25,27)(H,26,28)/t21-/m0/s1. The summed E-state index contributed by atoms with van der Waals surface area (Å²) < 4.78 is 4.77. The summed E-state index contributed by atoms with van der Waals surface area (Å²) in [5, 5.41) is 5.60. The minimum Gasteiger partial charge on any atom is -0.467 e. The van der Waals surface area contributed by atoms with Gasteiger partial charge in [0.1, 0.15) is 6.04 Å². The fourth-order valence-corrected chi connectivity index (χ4v) is 3.30. The molecule has 2 amide bonds. The highest BCUT2D eigenvalue weighted by atomic mass is 32.2. The van der Waals surface area contributed by atoms with Crippen LogP contribution in [0.25, 0.3) is 6.08 Å². The van der Waals surface area contributed by atoms with Crippen molar-refractivity contribution in [3.63, 3.8) is 0 Å². The van der Waals surface area contributed by atoms with Gasteiger partial charge in [0.15, 0.2) is 0 Å². The first kappa shape index (κ1) is 24.2. The van der Waals surface area contributed by atoms with Crippen LogP contribution in [-0.4, -0.2) is 42.9 Å². The number of benzene rings is 2. The van der Waals surface area contributed by atoms with Crippen LogP contribution in [0, 0.1) is 0 Å². The molecule has 2 aromatic carbocycles. The van der Waals surface area contributed by atoms with E-state index < -0.39 is 12.0 Å². The molecule has 2 aromatic rings.